The lowest BCUT2D eigenvalue weighted by atomic mass is 10.1. The molecule has 0 radical (unpaired) electrons. The number of hydrogen-bond donors (Lipinski definition) is 0. The highest BCUT2D eigenvalue weighted by Gasteiger charge is 2.30. The van der Waals surface area contributed by atoms with Crippen LogP contribution in [0.2, 0.25) is 0 Å². The van der Waals surface area contributed by atoms with Crippen molar-refractivity contribution < 1.29 is 18.6 Å². The largest absolute Gasteiger partial charge is 0.459 e. The van der Waals surface area contributed by atoms with Crippen LogP contribution in [0.5, 0.6) is 0 Å². The summed E-state index contributed by atoms with van der Waals surface area (Å²) in [6, 6.07) is 27.5. The molecule has 0 aliphatic heterocycles. The summed E-state index contributed by atoms with van der Waals surface area (Å²) in [6.45, 7) is 3.77. The standard InChI is InChI=1S/C25H27O4P/c1-20(28-25(26)22-12-6-3-7-13-22)18-19-21(2)29-30(27,23-14-8-4-9-15-23)24-16-10-5-11-17-24/h3-17,20-21H,18-19H2,1-2H3. The summed E-state index contributed by atoms with van der Waals surface area (Å²) in [6.07, 6.45) is 0.696. The van der Waals surface area contributed by atoms with Gasteiger partial charge in [0.2, 0.25) is 0 Å². The average molecular weight is 422 g/mol. The first-order valence-electron chi connectivity index (χ1n) is 10.1. The molecule has 0 heterocycles. The van der Waals surface area contributed by atoms with E-state index >= 15 is 0 Å². The van der Waals surface area contributed by atoms with Crippen molar-refractivity contribution in [3.63, 3.8) is 0 Å². The number of ether oxygens (including phenoxy) is 1. The number of carbonyl (C=O) groups is 1. The molecule has 30 heavy (non-hydrogen) atoms. The van der Waals surface area contributed by atoms with Gasteiger partial charge >= 0.3 is 5.97 Å². The van der Waals surface area contributed by atoms with E-state index in [1.807, 2.05) is 92.7 Å². The number of esters is 1. The van der Waals surface area contributed by atoms with E-state index in [-0.39, 0.29) is 18.2 Å². The zero-order chi connectivity index (χ0) is 21.4. The second kappa shape index (κ2) is 10.4. The highest BCUT2D eigenvalue weighted by molar-refractivity contribution is 7.74. The molecule has 3 aromatic rings. The topological polar surface area (TPSA) is 52.6 Å². The Balaban J connectivity index is 1.63. The van der Waals surface area contributed by atoms with Crippen LogP contribution in [0.4, 0.5) is 0 Å². The lowest BCUT2D eigenvalue weighted by Gasteiger charge is -2.24. The third-order valence-corrected chi connectivity index (χ3v) is 7.43. The molecule has 0 amide bonds. The minimum Gasteiger partial charge on any atom is -0.459 e. The zero-order valence-electron chi connectivity index (χ0n) is 17.3. The monoisotopic (exact) mass is 422 g/mol. The molecule has 0 bridgehead atoms. The van der Waals surface area contributed by atoms with Gasteiger partial charge in [-0.15, -0.1) is 0 Å². The van der Waals surface area contributed by atoms with E-state index in [0.29, 0.717) is 29.0 Å². The predicted molar refractivity (Wildman–Crippen MR) is 121 cm³/mol. The van der Waals surface area contributed by atoms with Crippen molar-refractivity contribution >= 4 is 23.9 Å². The van der Waals surface area contributed by atoms with Crippen molar-refractivity contribution in [2.45, 2.75) is 38.9 Å². The van der Waals surface area contributed by atoms with Gasteiger partial charge in [0.1, 0.15) is 0 Å². The first-order chi connectivity index (χ1) is 14.5. The molecule has 0 N–H and O–H groups in total. The van der Waals surface area contributed by atoms with Gasteiger partial charge in [0, 0.05) is 10.6 Å². The Morgan fingerprint density at radius 1 is 0.733 bits per heavy atom. The quantitative estimate of drug-likeness (QED) is 0.345. The van der Waals surface area contributed by atoms with Gasteiger partial charge in [-0.3, -0.25) is 4.57 Å². The molecule has 5 heteroatoms. The van der Waals surface area contributed by atoms with Crippen molar-refractivity contribution in [2.75, 3.05) is 0 Å². The van der Waals surface area contributed by atoms with Gasteiger partial charge in [0.25, 0.3) is 7.37 Å². The van der Waals surface area contributed by atoms with Crippen molar-refractivity contribution in [3.8, 4) is 0 Å². The molecule has 0 aliphatic carbocycles. The molecule has 0 saturated carbocycles. The van der Waals surface area contributed by atoms with E-state index < -0.39 is 7.37 Å². The first kappa shape index (κ1) is 22.0. The fourth-order valence-corrected chi connectivity index (χ4v) is 5.46. The Morgan fingerprint density at radius 2 is 1.17 bits per heavy atom. The van der Waals surface area contributed by atoms with E-state index in [9.17, 15) is 9.36 Å². The minimum atomic E-state index is -3.22. The molecule has 0 aliphatic rings. The van der Waals surface area contributed by atoms with Gasteiger partial charge in [0.05, 0.1) is 17.8 Å². The SMILES string of the molecule is CC(CCC(C)OP(=O)(c1ccccc1)c1ccccc1)OC(=O)c1ccccc1. The molecule has 0 saturated heterocycles. The maximum Gasteiger partial charge on any atom is 0.338 e. The summed E-state index contributed by atoms with van der Waals surface area (Å²) in [5, 5.41) is 1.35. The summed E-state index contributed by atoms with van der Waals surface area (Å²) >= 11 is 0. The van der Waals surface area contributed by atoms with Crippen LogP contribution in [0.3, 0.4) is 0 Å². The second-order valence-corrected chi connectivity index (χ2v) is 9.64. The highest BCUT2D eigenvalue weighted by atomic mass is 31.2. The van der Waals surface area contributed by atoms with Crippen molar-refractivity contribution in [2.24, 2.45) is 0 Å². The van der Waals surface area contributed by atoms with Gasteiger partial charge in [0.15, 0.2) is 0 Å². The zero-order valence-corrected chi connectivity index (χ0v) is 18.2. The molecule has 0 aromatic heterocycles. The van der Waals surface area contributed by atoms with Crippen LogP contribution in [-0.2, 0) is 13.8 Å². The summed E-state index contributed by atoms with van der Waals surface area (Å²) in [4.78, 5) is 12.2. The van der Waals surface area contributed by atoms with E-state index in [1.54, 1.807) is 12.1 Å². The fraction of sp³-hybridized carbons (Fsp3) is 0.240. The summed E-state index contributed by atoms with van der Waals surface area (Å²) in [5.74, 6) is -0.337. The number of hydrogen-bond acceptors (Lipinski definition) is 4. The molecular weight excluding hydrogens is 395 g/mol. The Kier molecular flexibility index (Phi) is 7.62. The third kappa shape index (κ3) is 5.69. The molecule has 0 fully saturated rings. The molecule has 3 rings (SSSR count). The maximum absolute atomic E-state index is 13.9. The first-order valence-corrected chi connectivity index (χ1v) is 11.8. The molecule has 2 unspecified atom stereocenters. The van der Waals surface area contributed by atoms with E-state index in [2.05, 4.69) is 0 Å². The van der Waals surface area contributed by atoms with Crippen LogP contribution in [0.1, 0.15) is 37.0 Å². The Morgan fingerprint density at radius 3 is 1.67 bits per heavy atom. The van der Waals surface area contributed by atoms with E-state index in [4.69, 9.17) is 9.26 Å². The highest BCUT2D eigenvalue weighted by Crippen LogP contribution is 2.46. The van der Waals surface area contributed by atoms with E-state index in [1.165, 1.54) is 0 Å². The second-order valence-electron chi connectivity index (χ2n) is 7.30. The Labute approximate surface area is 178 Å². The van der Waals surface area contributed by atoms with Gasteiger partial charge in [-0.25, -0.2) is 4.79 Å². The molecule has 2 atom stereocenters. The fourth-order valence-electron chi connectivity index (χ4n) is 3.18. The molecule has 4 nitrogen and oxygen atoms in total. The van der Waals surface area contributed by atoms with Crippen molar-refractivity contribution in [1.82, 2.24) is 0 Å². The molecule has 3 aromatic carbocycles. The number of benzene rings is 3. The van der Waals surface area contributed by atoms with Crippen molar-refractivity contribution in [1.29, 1.82) is 0 Å². The lowest BCUT2D eigenvalue weighted by Crippen LogP contribution is -2.23. The van der Waals surface area contributed by atoms with Crippen LogP contribution in [0.15, 0.2) is 91.0 Å². The predicted octanol–water partition coefficient (Wildman–Crippen LogP) is 5.35. The molecular formula is C25H27O4P. The molecule has 0 spiro atoms. The van der Waals surface area contributed by atoms with Crippen LogP contribution in [0.25, 0.3) is 0 Å². The smallest absolute Gasteiger partial charge is 0.338 e. The van der Waals surface area contributed by atoms with Crippen LogP contribution < -0.4 is 10.6 Å². The Hall–Kier alpha value is -2.68. The number of carbonyl (C=O) groups excluding carboxylic acids is 1. The summed E-state index contributed by atoms with van der Waals surface area (Å²) in [5.41, 5.74) is 0.534. The van der Waals surface area contributed by atoms with Crippen LogP contribution >= 0.6 is 7.37 Å². The third-order valence-electron chi connectivity index (χ3n) is 4.82. The summed E-state index contributed by atoms with van der Waals surface area (Å²) < 4.78 is 25.6. The average Bonchev–Trinajstić information content (AvgIpc) is 2.79. The van der Waals surface area contributed by atoms with Gasteiger partial charge < -0.3 is 9.26 Å². The molecule has 156 valence electrons. The Bertz CT molecular complexity index is 930. The lowest BCUT2D eigenvalue weighted by molar-refractivity contribution is 0.0298. The normalized spacial score (nSPS) is 13.4. The van der Waals surface area contributed by atoms with Gasteiger partial charge in [-0.05, 0) is 63.1 Å². The number of rotatable bonds is 9. The van der Waals surface area contributed by atoms with Crippen molar-refractivity contribution in [3.05, 3.63) is 96.6 Å². The van der Waals surface area contributed by atoms with Crippen LogP contribution in [0, 0.1) is 0 Å². The van der Waals surface area contributed by atoms with E-state index in [0.717, 1.165) is 0 Å². The van der Waals surface area contributed by atoms with Crippen LogP contribution in [-0.4, -0.2) is 18.2 Å². The minimum absolute atomic E-state index is 0.267. The van der Waals surface area contributed by atoms with Gasteiger partial charge in [-0.1, -0.05) is 54.6 Å². The summed E-state index contributed by atoms with van der Waals surface area (Å²) in [7, 11) is -3.22. The van der Waals surface area contributed by atoms with Gasteiger partial charge in [-0.2, -0.15) is 0 Å². The maximum atomic E-state index is 13.9.